The molecule has 0 saturated carbocycles. The van der Waals surface area contributed by atoms with E-state index in [1.807, 2.05) is 20.8 Å². The van der Waals surface area contributed by atoms with Crippen LogP contribution in [0, 0.1) is 18.6 Å². The lowest BCUT2D eigenvalue weighted by molar-refractivity contribution is 0.591. The standard InChI is InChI=1S/C14H16F2N2/c1-4-11-8(3)14(17-5-2)13-10(16)6-9(15)7-12(13)18-11/h6-7H,4-5H2,1-3H3,(H,17,18). The number of anilines is 1. The summed E-state index contributed by atoms with van der Waals surface area (Å²) in [7, 11) is 0. The molecule has 0 aliphatic carbocycles. The summed E-state index contributed by atoms with van der Waals surface area (Å²) in [5.41, 5.74) is 2.88. The number of fused-ring (bicyclic) bond motifs is 1. The van der Waals surface area contributed by atoms with Crippen molar-refractivity contribution >= 4 is 16.6 Å². The van der Waals surface area contributed by atoms with Gasteiger partial charge in [0.25, 0.3) is 0 Å². The van der Waals surface area contributed by atoms with E-state index in [0.29, 0.717) is 17.4 Å². The van der Waals surface area contributed by atoms with E-state index in [4.69, 9.17) is 0 Å². The first kappa shape index (κ1) is 12.7. The van der Waals surface area contributed by atoms with Crippen LogP contribution >= 0.6 is 0 Å². The van der Waals surface area contributed by atoms with Gasteiger partial charge in [-0.05, 0) is 25.8 Å². The van der Waals surface area contributed by atoms with Crippen LogP contribution in [0.2, 0.25) is 0 Å². The molecule has 2 rings (SSSR count). The van der Waals surface area contributed by atoms with Gasteiger partial charge < -0.3 is 5.32 Å². The third-order valence-electron chi connectivity index (χ3n) is 3.04. The predicted molar refractivity (Wildman–Crippen MR) is 69.9 cm³/mol. The van der Waals surface area contributed by atoms with Crippen molar-refractivity contribution in [2.45, 2.75) is 27.2 Å². The Morgan fingerprint density at radius 2 is 1.94 bits per heavy atom. The zero-order chi connectivity index (χ0) is 13.3. The fourth-order valence-electron chi connectivity index (χ4n) is 2.20. The molecule has 2 nitrogen and oxygen atoms in total. The zero-order valence-corrected chi connectivity index (χ0v) is 10.8. The molecular formula is C14H16F2N2. The number of rotatable bonds is 3. The molecule has 0 bridgehead atoms. The van der Waals surface area contributed by atoms with E-state index in [9.17, 15) is 8.78 Å². The van der Waals surface area contributed by atoms with Gasteiger partial charge in [0.15, 0.2) is 0 Å². The van der Waals surface area contributed by atoms with Crippen molar-refractivity contribution in [3.05, 3.63) is 35.0 Å². The van der Waals surface area contributed by atoms with Crippen molar-refractivity contribution in [3.8, 4) is 0 Å². The van der Waals surface area contributed by atoms with E-state index in [1.54, 1.807) is 0 Å². The summed E-state index contributed by atoms with van der Waals surface area (Å²) in [6.45, 7) is 6.51. The summed E-state index contributed by atoms with van der Waals surface area (Å²) >= 11 is 0. The van der Waals surface area contributed by atoms with Crippen LogP contribution in [-0.4, -0.2) is 11.5 Å². The van der Waals surface area contributed by atoms with Crippen molar-refractivity contribution in [1.82, 2.24) is 4.98 Å². The lowest BCUT2D eigenvalue weighted by Crippen LogP contribution is -2.05. The Morgan fingerprint density at radius 3 is 2.56 bits per heavy atom. The Labute approximate surface area is 105 Å². The van der Waals surface area contributed by atoms with Crippen LogP contribution in [0.25, 0.3) is 10.9 Å². The summed E-state index contributed by atoms with van der Waals surface area (Å²) < 4.78 is 27.2. The van der Waals surface area contributed by atoms with Crippen molar-refractivity contribution in [2.24, 2.45) is 0 Å². The van der Waals surface area contributed by atoms with E-state index in [-0.39, 0.29) is 0 Å². The minimum Gasteiger partial charge on any atom is -0.384 e. The second-order valence-corrected chi connectivity index (χ2v) is 4.22. The molecule has 1 N–H and O–H groups in total. The number of hydrogen-bond acceptors (Lipinski definition) is 2. The predicted octanol–water partition coefficient (Wildman–Crippen LogP) is 3.82. The number of hydrogen-bond donors (Lipinski definition) is 1. The van der Waals surface area contributed by atoms with Gasteiger partial charge in [-0.15, -0.1) is 0 Å². The van der Waals surface area contributed by atoms with Crippen LogP contribution in [0.4, 0.5) is 14.5 Å². The monoisotopic (exact) mass is 250 g/mol. The van der Waals surface area contributed by atoms with Gasteiger partial charge in [0.2, 0.25) is 0 Å². The second-order valence-electron chi connectivity index (χ2n) is 4.22. The molecule has 0 fully saturated rings. The molecule has 0 amide bonds. The van der Waals surface area contributed by atoms with Crippen LogP contribution in [0.15, 0.2) is 12.1 Å². The first-order chi connectivity index (χ1) is 8.58. The fourth-order valence-corrected chi connectivity index (χ4v) is 2.20. The van der Waals surface area contributed by atoms with Gasteiger partial charge in [-0.3, -0.25) is 4.98 Å². The van der Waals surface area contributed by atoms with E-state index in [2.05, 4.69) is 10.3 Å². The van der Waals surface area contributed by atoms with Crippen molar-refractivity contribution in [3.63, 3.8) is 0 Å². The number of nitrogens with one attached hydrogen (secondary N) is 1. The van der Waals surface area contributed by atoms with Gasteiger partial charge in [0.05, 0.1) is 16.6 Å². The maximum atomic E-state index is 13.9. The van der Waals surface area contributed by atoms with Gasteiger partial charge >= 0.3 is 0 Å². The molecule has 0 atom stereocenters. The number of nitrogens with zero attached hydrogens (tertiary/aromatic N) is 1. The molecule has 0 aliphatic heterocycles. The lowest BCUT2D eigenvalue weighted by Gasteiger charge is -2.15. The van der Waals surface area contributed by atoms with Crippen molar-refractivity contribution in [2.75, 3.05) is 11.9 Å². The van der Waals surface area contributed by atoms with E-state index in [1.165, 1.54) is 6.07 Å². The smallest absolute Gasteiger partial charge is 0.137 e. The fraction of sp³-hybridized carbons (Fsp3) is 0.357. The molecule has 0 radical (unpaired) electrons. The number of benzene rings is 1. The maximum absolute atomic E-state index is 13.9. The van der Waals surface area contributed by atoms with Crippen LogP contribution in [0.5, 0.6) is 0 Å². The van der Waals surface area contributed by atoms with Crippen molar-refractivity contribution < 1.29 is 8.78 Å². The first-order valence-corrected chi connectivity index (χ1v) is 6.10. The normalized spacial score (nSPS) is 10.9. The summed E-state index contributed by atoms with van der Waals surface area (Å²) in [6.07, 6.45) is 0.734. The molecular weight excluding hydrogens is 234 g/mol. The maximum Gasteiger partial charge on any atom is 0.137 e. The first-order valence-electron chi connectivity index (χ1n) is 6.10. The van der Waals surface area contributed by atoms with Crippen LogP contribution < -0.4 is 5.32 Å². The van der Waals surface area contributed by atoms with Gasteiger partial charge in [0.1, 0.15) is 11.6 Å². The summed E-state index contributed by atoms with van der Waals surface area (Å²) in [5, 5.41) is 3.52. The SMILES string of the molecule is CCNc1c(C)c(CC)nc2cc(F)cc(F)c12. The molecule has 1 aromatic carbocycles. The highest BCUT2D eigenvalue weighted by atomic mass is 19.1. The minimum absolute atomic E-state index is 0.367. The number of aromatic nitrogens is 1. The quantitative estimate of drug-likeness (QED) is 0.895. The molecule has 0 unspecified atom stereocenters. The van der Waals surface area contributed by atoms with Gasteiger partial charge in [0, 0.05) is 24.4 Å². The largest absolute Gasteiger partial charge is 0.384 e. The highest BCUT2D eigenvalue weighted by Crippen LogP contribution is 2.31. The van der Waals surface area contributed by atoms with E-state index >= 15 is 0 Å². The Hall–Kier alpha value is -1.71. The van der Waals surface area contributed by atoms with Gasteiger partial charge in [-0.1, -0.05) is 6.92 Å². The third-order valence-corrected chi connectivity index (χ3v) is 3.04. The average Bonchev–Trinajstić information content (AvgIpc) is 2.32. The Bertz CT molecular complexity index is 594. The van der Waals surface area contributed by atoms with Gasteiger partial charge in [-0.2, -0.15) is 0 Å². The molecule has 0 aliphatic rings. The molecule has 1 aromatic heterocycles. The molecule has 4 heteroatoms. The molecule has 0 spiro atoms. The Kier molecular flexibility index (Phi) is 3.45. The van der Waals surface area contributed by atoms with E-state index in [0.717, 1.165) is 29.4 Å². The molecule has 18 heavy (non-hydrogen) atoms. The number of halogens is 2. The summed E-state index contributed by atoms with van der Waals surface area (Å²) in [4.78, 5) is 4.34. The Balaban J connectivity index is 2.86. The highest BCUT2D eigenvalue weighted by molar-refractivity contribution is 5.94. The molecule has 1 heterocycles. The lowest BCUT2D eigenvalue weighted by atomic mass is 10.0. The average molecular weight is 250 g/mol. The zero-order valence-electron chi connectivity index (χ0n) is 10.8. The highest BCUT2D eigenvalue weighted by Gasteiger charge is 2.15. The summed E-state index contributed by atoms with van der Waals surface area (Å²) in [6, 6.07) is 2.17. The second kappa shape index (κ2) is 4.88. The molecule has 96 valence electrons. The Morgan fingerprint density at radius 1 is 1.22 bits per heavy atom. The summed E-state index contributed by atoms with van der Waals surface area (Å²) in [5.74, 6) is -1.17. The van der Waals surface area contributed by atoms with Crippen LogP contribution in [0.3, 0.4) is 0 Å². The van der Waals surface area contributed by atoms with Gasteiger partial charge in [-0.25, -0.2) is 8.78 Å². The minimum atomic E-state index is -0.596. The van der Waals surface area contributed by atoms with E-state index < -0.39 is 11.6 Å². The van der Waals surface area contributed by atoms with Crippen molar-refractivity contribution in [1.29, 1.82) is 0 Å². The topological polar surface area (TPSA) is 24.9 Å². The molecule has 2 aromatic rings. The number of aryl methyl sites for hydroxylation is 1. The van der Waals surface area contributed by atoms with Crippen LogP contribution in [0.1, 0.15) is 25.1 Å². The third kappa shape index (κ3) is 2.03. The number of pyridine rings is 1. The molecule has 0 saturated heterocycles. The van der Waals surface area contributed by atoms with Crippen LogP contribution in [-0.2, 0) is 6.42 Å².